The molecule has 1 heterocycles. The highest BCUT2D eigenvalue weighted by atomic mass is 35.5. The Kier molecular flexibility index (Phi) is 6.08. The second-order valence-electron chi connectivity index (χ2n) is 6.13. The molecular weight excluding hydrogens is 346 g/mol. The van der Waals surface area contributed by atoms with Crippen molar-refractivity contribution in [2.45, 2.75) is 26.2 Å². The highest BCUT2D eigenvalue weighted by molar-refractivity contribution is 6.30. The normalized spacial score (nSPS) is 10.7. The summed E-state index contributed by atoms with van der Waals surface area (Å²) >= 11 is 5.97. The van der Waals surface area contributed by atoms with Gasteiger partial charge >= 0.3 is 0 Å². The predicted octanol–water partition coefficient (Wildman–Crippen LogP) is 4.45. The van der Waals surface area contributed by atoms with Crippen molar-refractivity contribution in [2.75, 3.05) is 6.54 Å². The first-order valence-electron chi connectivity index (χ1n) is 8.84. The van der Waals surface area contributed by atoms with Crippen LogP contribution in [0.2, 0.25) is 5.02 Å². The number of aromatic nitrogens is 2. The van der Waals surface area contributed by atoms with E-state index in [4.69, 9.17) is 11.6 Å². The topological polar surface area (TPSA) is 46.9 Å². The second-order valence-corrected chi connectivity index (χ2v) is 6.57. The molecule has 1 aromatic heterocycles. The van der Waals surface area contributed by atoms with E-state index < -0.39 is 0 Å². The lowest BCUT2D eigenvalue weighted by atomic mass is 10.1. The minimum Gasteiger partial charge on any atom is -0.352 e. The molecule has 1 amide bonds. The van der Waals surface area contributed by atoms with E-state index in [1.807, 2.05) is 47.1 Å². The Labute approximate surface area is 158 Å². The van der Waals surface area contributed by atoms with Crippen LogP contribution in [-0.2, 0) is 12.8 Å². The molecule has 1 N–H and O–H groups in total. The number of carbonyl (C=O) groups excluding carboxylic acids is 1. The van der Waals surface area contributed by atoms with E-state index >= 15 is 0 Å². The van der Waals surface area contributed by atoms with E-state index in [2.05, 4.69) is 29.5 Å². The van der Waals surface area contributed by atoms with E-state index in [1.165, 1.54) is 5.56 Å². The van der Waals surface area contributed by atoms with Gasteiger partial charge < -0.3 is 5.32 Å². The number of hydrogen-bond acceptors (Lipinski definition) is 2. The van der Waals surface area contributed by atoms with Gasteiger partial charge in [0.15, 0.2) is 0 Å². The van der Waals surface area contributed by atoms with Crippen LogP contribution in [0.1, 0.15) is 35.0 Å². The second kappa shape index (κ2) is 8.68. The third-order valence-corrected chi connectivity index (χ3v) is 4.47. The highest BCUT2D eigenvalue weighted by Gasteiger charge is 2.17. The molecule has 2 aromatic carbocycles. The van der Waals surface area contributed by atoms with Crippen LogP contribution >= 0.6 is 11.6 Å². The largest absolute Gasteiger partial charge is 0.352 e. The van der Waals surface area contributed by atoms with E-state index in [0.29, 0.717) is 17.1 Å². The van der Waals surface area contributed by atoms with Crippen molar-refractivity contribution in [3.8, 4) is 5.69 Å². The summed E-state index contributed by atoms with van der Waals surface area (Å²) in [6, 6.07) is 17.6. The quantitative estimate of drug-likeness (QED) is 0.670. The molecule has 0 bridgehead atoms. The molecule has 0 radical (unpaired) electrons. The molecule has 0 fully saturated rings. The molecule has 0 unspecified atom stereocenters. The Bertz CT molecular complexity index is 857. The van der Waals surface area contributed by atoms with Crippen molar-refractivity contribution < 1.29 is 4.79 Å². The van der Waals surface area contributed by atoms with Crippen LogP contribution in [0, 0.1) is 0 Å². The van der Waals surface area contributed by atoms with Gasteiger partial charge in [-0.1, -0.05) is 55.3 Å². The maximum absolute atomic E-state index is 12.6. The van der Waals surface area contributed by atoms with Crippen LogP contribution < -0.4 is 5.32 Å². The zero-order chi connectivity index (χ0) is 18.4. The molecule has 0 saturated heterocycles. The Morgan fingerprint density at radius 1 is 1.08 bits per heavy atom. The minimum absolute atomic E-state index is 0.0791. The van der Waals surface area contributed by atoms with E-state index in [9.17, 15) is 4.79 Å². The summed E-state index contributed by atoms with van der Waals surface area (Å²) in [6.45, 7) is 2.69. The molecule has 0 aliphatic heterocycles. The Morgan fingerprint density at radius 2 is 1.81 bits per heavy atom. The highest BCUT2D eigenvalue weighted by Crippen LogP contribution is 2.19. The molecule has 0 aliphatic carbocycles. The van der Waals surface area contributed by atoms with Crippen molar-refractivity contribution in [3.63, 3.8) is 0 Å². The fourth-order valence-corrected chi connectivity index (χ4v) is 3.03. The number of amides is 1. The minimum atomic E-state index is -0.0791. The number of hydrogen-bond donors (Lipinski definition) is 1. The first-order valence-corrected chi connectivity index (χ1v) is 9.21. The van der Waals surface area contributed by atoms with Gasteiger partial charge in [0.05, 0.1) is 23.1 Å². The molecule has 0 aliphatic rings. The van der Waals surface area contributed by atoms with Crippen LogP contribution in [0.3, 0.4) is 0 Å². The summed E-state index contributed by atoms with van der Waals surface area (Å²) in [6.07, 6.45) is 4.17. The summed E-state index contributed by atoms with van der Waals surface area (Å²) in [4.78, 5) is 12.6. The molecule has 3 aromatic rings. The molecule has 3 rings (SSSR count). The maximum atomic E-state index is 12.6. The molecule has 0 saturated carbocycles. The molecule has 0 atom stereocenters. The van der Waals surface area contributed by atoms with Crippen molar-refractivity contribution in [2.24, 2.45) is 0 Å². The van der Waals surface area contributed by atoms with Crippen LogP contribution in [-0.4, -0.2) is 22.2 Å². The fraction of sp³-hybridized carbons (Fsp3) is 0.238. The van der Waals surface area contributed by atoms with Gasteiger partial charge in [0.1, 0.15) is 0 Å². The van der Waals surface area contributed by atoms with E-state index in [1.54, 1.807) is 6.20 Å². The van der Waals surface area contributed by atoms with Crippen LogP contribution in [0.15, 0.2) is 60.8 Å². The standard InChI is InChI=1S/C21H22ClN3O/c1-2-6-20-19(15-24-25(20)18-11-9-17(22)10-12-18)21(26)23-14-13-16-7-4-3-5-8-16/h3-5,7-12,15H,2,6,13-14H2,1H3,(H,23,26). The van der Waals surface area contributed by atoms with Crippen molar-refractivity contribution in [3.05, 3.63) is 82.6 Å². The van der Waals surface area contributed by atoms with Gasteiger partial charge in [0.2, 0.25) is 0 Å². The molecule has 134 valence electrons. The maximum Gasteiger partial charge on any atom is 0.254 e. The average Bonchev–Trinajstić information content (AvgIpc) is 3.07. The third kappa shape index (κ3) is 4.33. The van der Waals surface area contributed by atoms with Gasteiger partial charge in [0, 0.05) is 11.6 Å². The van der Waals surface area contributed by atoms with Crippen molar-refractivity contribution in [1.82, 2.24) is 15.1 Å². The summed E-state index contributed by atoms with van der Waals surface area (Å²) < 4.78 is 1.83. The lowest BCUT2D eigenvalue weighted by Crippen LogP contribution is -2.26. The number of nitrogens with one attached hydrogen (secondary N) is 1. The van der Waals surface area contributed by atoms with Crippen LogP contribution in [0.4, 0.5) is 0 Å². The van der Waals surface area contributed by atoms with Gasteiger partial charge in [0.25, 0.3) is 5.91 Å². The lowest BCUT2D eigenvalue weighted by Gasteiger charge is -2.10. The monoisotopic (exact) mass is 367 g/mol. The number of carbonyl (C=O) groups is 1. The fourth-order valence-electron chi connectivity index (χ4n) is 2.91. The summed E-state index contributed by atoms with van der Waals surface area (Å²) in [5, 5.41) is 8.12. The van der Waals surface area contributed by atoms with Crippen LogP contribution in [0.25, 0.3) is 5.69 Å². The summed E-state index contributed by atoms with van der Waals surface area (Å²) in [7, 11) is 0. The molecule has 26 heavy (non-hydrogen) atoms. The number of rotatable bonds is 7. The first kappa shape index (κ1) is 18.2. The van der Waals surface area contributed by atoms with Crippen molar-refractivity contribution in [1.29, 1.82) is 0 Å². The predicted molar refractivity (Wildman–Crippen MR) is 105 cm³/mol. The summed E-state index contributed by atoms with van der Waals surface area (Å²) in [5.41, 5.74) is 3.67. The average molecular weight is 368 g/mol. The molecule has 4 nitrogen and oxygen atoms in total. The molecule has 5 heteroatoms. The molecular formula is C21H22ClN3O. The lowest BCUT2D eigenvalue weighted by molar-refractivity contribution is 0.0953. The van der Waals surface area contributed by atoms with Gasteiger partial charge in [-0.2, -0.15) is 5.10 Å². The van der Waals surface area contributed by atoms with Gasteiger partial charge in [-0.25, -0.2) is 4.68 Å². The van der Waals surface area contributed by atoms with Gasteiger partial charge in [-0.3, -0.25) is 4.79 Å². The zero-order valence-corrected chi connectivity index (χ0v) is 15.5. The molecule has 0 spiro atoms. The third-order valence-electron chi connectivity index (χ3n) is 4.21. The smallest absolute Gasteiger partial charge is 0.254 e. The van der Waals surface area contributed by atoms with Crippen LogP contribution in [0.5, 0.6) is 0 Å². The Hall–Kier alpha value is -2.59. The van der Waals surface area contributed by atoms with Gasteiger partial charge in [-0.05, 0) is 42.7 Å². The Morgan fingerprint density at radius 3 is 2.50 bits per heavy atom. The number of halogens is 1. The zero-order valence-electron chi connectivity index (χ0n) is 14.8. The van der Waals surface area contributed by atoms with Gasteiger partial charge in [-0.15, -0.1) is 0 Å². The number of nitrogens with zero attached hydrogens (tertiary/aromatic N) is 2. The first-order chi connectivity index (χ1) is 12.7. The van der Waals surface area contributed by atoms with E-state index in [0.717, 1.165) is 30.6 Å². The summed E-state index contributed by atoms with van der Waals surface area (Å²) in [5.74, 6) is -0.0791. The Balaban J connectivity index is 1.74. The van der Waals surface area contributed by atoms with Crippen molar-refractivity contribution >= 4 is 17.5 Å². The SMILES string of the molecule is CCCc1c(C(=O)NCCc2ccccc2)cnn1-c1ccc(Cl)cc1. The number of benzene rings is 2. The van der Waals surface area contributed by atoms with E-state index in [-0.39, 0.29) is 5.91 Å².